The Balaban J connectivity index is 1.44. The zero-order chi connectivity index (χ0) is 23.9. The highest BCUT2D eigenvalue weighted by molar-refractivity contribution is 6.07. The number of aliphatic imine (C=N–C) groups is 1. The average molecular weight is 460 g/mol. The molecule has 0 radical (unpaired) electrons. The SMILES string of the molecule is CC1Cc2ccccc2N1c1cc2c(c3ccccc13)N=CC1(O2)N(C)c2ccccc2C1(C)C. The predicted molar refractivity (Wildman–Crippen MR) is 145 cm³/mol. The third-order valence-corrected chi connectivity index (χ3v) is 8.39. The number of rotatable bonds is 1. The molecule has 0 fully saturated rings. The van der Waals surface area contributed by atoms with Crippen LogP contribution in [0.3, 0.4) is 0 Å². The fourth-order valence-corrected chi connectivity index (χ4v) is 6.53. The van der Waals surface area contributed by atoms with Crippen LogP contribution in [0.1, 0.15) is 31.9 Å². The van der Waals surface area contributed by atoms with Crippen LogP contribution in [0.4, 0.5) is 22.7 Å². The van der Waals surface area contributed by atoms with E-state index in [9.17, 15) is 0 Å². The largest absolute Gasteiger partial charge is 0.459 e. The van der Waals surface area contributed by atoms with Gasteiger partial charge in [-0.3, -0.25) is 4.99 Å². The molecule has 7 rings (SSSR count). The number of hydrogen-bond donors (Lipinski definition) is 0. The molecule has 35 heavy (non-hydrogen) atoms. The van der Waals surface area contributed by atoms with Crippen molar-refractivity contribution in [2.45, 2.75) is 44.4 Å². The highest BCUT2D eigenvalue weighted by atomic mass is 16.5. The summed E-state index contributed by atoms with van der Waals surface area (Å²) in [6.07, 6.45) is 3.06. The van der Waals surface area contributed by atoms with E-state index in [1.165, 1.54) is 33.6 Å². The van der Waals surface area contributed by atoms with Crippen LogP contribution in [0, 0.1) is 0 Å². The molecule has 4 heteroatoms. The summed E-state index contributed by atoms with van der Waals surface area (Å²) in [5, 5.41) is 2.33. The lowest BCUT2D eigenvalue weighted by molar-refractivity contribution is 0.0827. The summed E-state index contributed by atoms with van der Waals surface area (Å²) >= 11 is 0. The zero-order valence-electron chi connectivity index (χ0n) is 20.6. The summed E-state index contributed by atoms with van der Waals surface area (Å²) in [7, 11) is 2.12. The van der Waals surface area contributed by atoms with Crippen LogP contribution in [0.2, 0.25) is 0 Å². The van der Waals surface area contributed by atoms with Gasteiger partial charge in [-0.2, -0.15) is 0 Å². The van der Waals surface area contributed by atoms with E-state index in [4.69, 9.17) is 9.73 Å². The van der Waals surface area contributed by atoms with E-state index in [1.807, 2.05) is 6.21 Å². The van der Waals surface area contributed by atoms with Gasteiger partial charge < -0.3 is 14.5 Å². The summed E-state index contributed by atoms with van der Waals surface area (Å²) in [6.45, 7) is 6.82. The predicted octanol–water partition coefficient (Wildman–Crippen LogP) is 7.14. The quantitative estimate of drug-likeness (QED) is 0.303. The van der Waals surface area contributed by atoms with Gasteiger partial charge in [0, 0.05) is 41.3 Å². The first kappa shape index (κ1) is 20.6. The summed E-state index contributed by atoms with van der Waals surface area (Å²) in [5.74, 6) is 0.838. The lowest BCUT2D eigenvalue weighted by Gasteiger charge is -2.45. The third-order valence-electron chi connectivity index (χ3n) is 8.39. The van der Waals surface area contributed by atoms with Gasteiger partial charge in [0.15, 0.2) is 5.75 Å². The van der Waals surface area contributed by atoms with Crippen molar-refractivity contribution in [2.24, 2.45) is 4.99 Å². The lowest BCUT2D eigenvalue weighted by atomic mass is 9.77. The molecule has 0 N–H and O–H groups in total. The zero-order valence-corrected chi connectivity index (χ0v) is 20.6. The second-order valence-electron chi connectivity index (χ2n) is 10.6. The Morgan fingerprint density at radius 3 is 2.34 bits per heavy atom. The fourth-order valence-electron chi connectivity index (χ4n) is 6.53. The molecule has 0 aromatic heterocycles. The molecule has 0 bridgehead atoms. The van der Waals surface area contributed by atoms with Gasteiger partial charge in [0.2, 0.25) is 5.72 Å². The average Bonchev–Trinajstić information content (AvgIpc) is 3.29. The van der Waals surface area contributed by atoms with Gasteiger partial charge in [-0.1, -0.05) is 60.7 Å². The Morgan fingerprint density at radius 2 is 1.54 bits per heavy atom. The molecule has 2 unspecified atom stereocenters. The number of ether oxygens (including phenoxy) is 1. The molecule has 0 saturated heterocycles. The Bertz CT molecular complexity index is 1540. The van der Waals surface area contributed by atoms with Gasteiger partial charge in [0.05, 0.1) is 17.3 Å². The molecule has 0 amide bonds. The van der Waals surface area contributed by atoms with Crippen LogP contribution >= 0.6 is 0 Å². The van der Waals surface area contributed by atoms with Gasteiger partial charge in [-0.15, -0.1) is 0 Å². The molecule has 3 heterocycles. The first-order chi connectivity index (χ1) is 16.9. The molecule has 0 aliphatic carbocycles. The number of likely N-dealkylation sites (N-methyl/N-ethyl adjacent to an activating group) is 1. The number of para-hydroxylation sites is 2. The maximum atomic E-state index is 7.07. The summed E-state index contributed by atoms with van der Waals surface area (Å²) in [6, 6.07) is 28.5. The van der Waals surface area contributed by atoms with Crippen molar-refractivity contribution in [3.05, 3.63) is 90.0 Å². The van der Waals surface area contributed by atoms with E-state index in [0.29, 0.717) is 6.04 Å². The number of anilines is 3. The Hall–Kier alpha value is -3.79. The lowest BCUT2D eigenvalue weighted by Crippen LogP contribution is -2.61. The first-order valence-corrected chi connectivity index (χ1v) is 12.4. The van der Waals surface area contributed by atoms with Gasteiger partial charge in [-0.25, -0.2) is 0 Å². The number of fused-ring (bicyclic) bond motifs is 5. The highest BCUT2D eigenvalue weighted by Crippen LogP contribution is 2.55. The number of hydrogen-bond acceptors (Lipinski definition) is 4. The van der Waals surface area contributed by atoms with Crippen molar-refractivity contribution in [3.8, 4) is 5.75 Å². The van der Waals surface area contributed by atoms with Crippen LogP contribution in [0.25, 0.3) is 10.8 Å². The molecule has 0 saturated carbocycles. The normalized spacial score (nSPS) is 23.4. The van der Waals surface area contributed by atoms with Crippen LogP contribution in [0.15, 0.2) is 83.9 Å². The van der Waals surface area contributed by atoms with Crippen LogP contribution < -0.4 is 14.5 Å². The smallest absolute Gasteiger partial charge is 0.228 e. The second kappa shape index (κ2) is 6.88. The molecular formula is C31H29N3O. The van der Waals surface area contributed by atoms with Crippen molar-refractivity contribution < 1.29 is 4.74 Å². The molecule has 2 atom stereocenters. The van der Waals surface area contributed by atoms with Crippen molar-refractivity contribution in [1.82, 2.24) is 0 Å². The van der Waals surface area contributed by atoms with Crippen LogP contribution in [-0.4, -0.2) is 25.0 Å². The third kappa shape index (κ3) is 2.54. The monoisotopic (exact) mass is 459 g/mol. The number of benzene rings is 4. The first-order valence-electron chi connectivity index (χ1n) is 12.4. The molecular weight excluding hydrogens is 430 g/mol. The molecule has 4 aromatic carbocycles. The molecule has 4 aromatic rings. The fraction of sp³-hybridized carbons (Fsp3) is 0.258. The van der Waals surface area contributed by atoms with Crippen molar-refractivity contribution in [3.63, 3.8) is 0 Å². The van der Waals surface area contributed by atoms with E-state index in [0.717, 1.165) is 23.2 Å². The van der Waals surface area contributed by atoms with Crippen molar-refractivity contribution in [2.75, 3.05) is 16.8 Å². The van der Waals surface area contributed by atoms with Gasteiger partial charge in [-0.05, 0) is 50.5 Å². The van der Waals surface area contributed by atoms with E-state index in [-0.39, 0.29) is 5.41 Å². The van der Waals surface area contributed by atoms with E-state index < -0.39 is 5.72 Å². The molecule has 3 aliphatic heterocycles. The minimum atomic E-state index is -0.696. The molecule has 174 valence electrons. The van der Waals surface area contributed by atoms with Gasteiger partial charge in [0.1, 0.15) is 5.69 Å². The van der Waals surface area contributed by atoms with E-state index in [2.05, 4.69) is 116 Å². The van der Waals surface area contributed by atoms with Crippen molar-refractivity contribution >= 4 is 39.7 Å². The Kier molecular flexibility index (Phi) is 4.04. The Morgan fingerprint density at radius 1 is 0.857 bits per heavy atom. The highest BCUT2D eigenvalue weighted by Gasteiger charge is 2.58. The van der Waals surface area contributed by atoms with E-state index in [1.54, 1.807) is 0 Å². The maximum Gasteiger partial charge on any atom is 0.228 e. The maximum absolute atomic E-state index is 7.07. The van der Waals surface area contributed by atoms with Crippen molar-refractivity contribution in [1.29, 1.82) is 0 Å². The topological polar surface area (TPSA) is 28.1 Å². The summed E-state index contributed by atoms with van der Waals surface area (Å²) in [4.78, 5) is 9.83. The van der Waals surface area contributed by atoms with Gasteiger partial charge >= 0.3 is 0 Å². The molecule has 3 aliphatic rings. The Labute approximate surface area is 206 Å². The minimum Gasteiger partial charge on any atom is -0.459 e. The van der Waals surface area contributed by atoms with E-state index >= 15 is 0 Å². The molecule has 1 spiro atoms. The van der Waals surface area contributed by atoms with Crippen LogP contribution in [-0.2, 0) is 11.8 Å². The standard InChI is InChI=1S/C31H29N3O/c1-20-17-21-11-5-9-15-25(21)34(20)27-18-28-29(23-13-7-6-12-22(23)27)32-19-31(35-28)30(2,3)24-14-8-10-16-26(24)33(31)4/h5-16,18-20H,17H2,1-4H3. The summed E-state index contributed by atoms with van der Waals surface area (Å²) < 4.78 is 7.07. The minimum absolute atomic E-state index is 0.279. The second-order valence-corrected chi connectivity index (χ2v) is 10.6. The molecule has 4 nitrogen and oxygen atoms in total. The summed E-state index contributed by atoms with van der Waals surface area (Å²) in [5.41, 5.74) is 6.26. The number of nitrogens with zero attached hydrogens (tertiary/aromatic N) is 3. The van der Waals surface area contributed by atoms with Gasteiger partial charge in [0.25, 0.3) is 0 Å². The van der Waals surface area contributed by atoms with Crippen LogP contribution in [0.5, 0.6) is 5.75 Å².